The Labute approximate surface area is 104 Å². The highest BCUT2D eigenvalue weighted by atomic mass is 19.2. The zero-order chi connectivity index (χ0) is 14.3. The van der Waals surface area contributed by atoms with Crippen molar-refractivity contribution in [1.29, 1.82) is 0 Å². The monoisotopic (exact) mass is 278 g/mol. The maximum absolute atomic E-state index is 13.7. The second-order valence-corrected chi connectivity index (χ2v) is 4.09. The van der Waals surface area contributed by atoms with Gasteiger partial charge in [0.05, 0.1) is 5.39 Å². The van der Waals surface area contributed by atoms with Crippen LogP contribution >= 0.6 is 0 Å². The summed E-state index contributed by atoms with van der Waals surface area (Å²) in [5.74, 6) is -11.0. The highest BCUT2D eigenvalue weighted by Gasteiger charge is 2.26. The van der Waals surface area contributed by atoms with Gasteiger partial charge in [-0.2, -0.15) is 0 Å². The number of aryl methyl sites for hydroxylation is 1. The van der Waals surface area contributed by atoms with E-state index in [9.17, 15) is 26.3 Å². The summed E-state index contributed by atoms with van der Waals surface area (Å²) in [5, 5.41) is -1.95. The molecule has 2 aromatic carbocycles. The van der Waals surface area contributed by atoms with E-state index in [0.717, 1.165) is 0 Å². The highest BCUT2D eigenvalue weighted by molar-refractivity contribution is 5.88. The topological polar surface area (TPSA) is 0 Å². The molecule has 0 spiro atoms. The molecule has 0 nitrogen and oxygen atoms in total. The van der Waals surface area contributed by atoms with Gasteiger partial charge in [-0.1, -0.05) is 13.3 Å². The van der Waals surface area contributed by atoms with Crippen LogP contribution < -0.4 is 0 Å². The van der Waals surface area contributed by atoms with Crippen molar-refractivity contribution in [2.24, 2.45) is 0 Å². The fraction of sp³-hybridized carbons (Fsp3) is 0.231. The van der Waals surface area contributed by atoms with E-state index in [1.54, 1.807) is 6.92 Å². The third-order valence-corrected chi connectivity index (χ3v) is 2.84. The largest absolute Gasteiger partial charge is 0.204 e. The average molecular weight is 278 g/mol. The summed E-state index contributed by atoms with van der Waals surface area (Å²) in [6, 6.07) is 0.668. The Bertz CT molecular complexity index is 662. The first kappa shape index (κ1) is 13.7. The highest BCUT2D eigenvalue weighted by Crippen LogP contribution is 2.33. The van der Waals surface area contributed by atoms with E-state index in [2.05, 4.69) is 0 Å². The van der Waals surface area contributed by atoms with E-state index >= 15 is 0 Å². The number of rotatable bonds is 2. The molecule has 0 saturated heterocycles. The van der Waals surface area contributed by atoms with Crippen molar-refractivity contribution in [2.75, 3.05) is 0 Å². The van der Waals surface area contributed by atoms with E-state index in [-0.39, 0.29) is 12.0 Å². The number of hydrogen-bond donors (Lipinski definition) is 0. The molecule has 0 saturated carbocycles. The Balaban J connectivity index is 3.05. The Hall–Kier alpha value is -1.72. The molecule has 19 heavy (non-hydrogen) atoms. The third kappa shape index (κ3) is 1.95. The lowest BCUT2D eigenvalue weighted by atomic mass is 9.99. The zero-order valence-corrected chi connectivity index (χ0v) is 9.76. The smallest absolute Gasteiger partial charge is 0.198 e. The molecular weight excluding hydrogens is 270 g/mol. The van der Waals surface area contributed by atoms with Crippen LogP contribution in [0.3, 0.4) is 0 Å². The molecule has 0 atom stereocenters. The summed E-state index contributed by atoms with van der Waals surface area (Å²) in [6.07, 6.45) is 0.495. The predicted molar refractivity (Wildman–Crippen MR) is 57.7 cm³/mol. The van der Waals surface area contributed by atoms with Crippen molar-refractivity contribution in [3.8, 4) is 0 Å². The van der Waals surface area contributed by atoms with Crippen LogP contribution in [0.2, 0.25) is 0 Å². The molecule has 0 heterocycles. The molecule has 0 aliphatic heterocycles. The van der Waals surface area contributed by atoms with Crippen molar-refractivity contribution in [1.82, 2.24) is 0 Å². The minimum Gasteiger partial charge on any atom is -0.204 e. The standard InChI is InChI=1S/C13H8F6/c1-2-3-5-4-6(14)9(15)8-7(5)10(16)12(18)13(19)11(8)17/h4H,2-3H2,1H3. The minimum atomic E-state index is -2.16. The Morgan fingerprint density at radius 2 is 1.26 bits per heavy atom. The van der Waals surface area contributed by atoms with Gasteiger partial charge in [-0.15, -0.1) is 0 Å². The van der Waals surface area contributed by atoms with Crippen LogP contribution in [0.1, 0.15) is 18.9 Å². The molecule has 0 fully saturated rings. The first-order chi connectivity index (χ1) is 8.90. The molecule has 0 bridgehead atoms. The Morgan fingerprint density at radius 1 is 0.737 bits per heavy atom. The summed E-state index contributed by atoms with van der Waals surface area (Å²) in [4.78, 5) is 0. The first-order valence-electron chi connectivity index (χ1n) is 5.52. The van der Waals surface area contributed by atoms with Crippen molar-refractivity contribution in [3.05, 3.63) is 46.5 Å². The number of benzene rings is 2. The van der Waals surface area contributed by atoms with Crippen LogP contribution in [0, 0.1) is 34.9 Å². The van der Waals surface area contributed by atoms with Crippen molar-refractivity contribution in [2.45, 2.75) is 19.8 Å². The van der Waals surface area contributed by atoms with Gasteiger partial charge in [0.15, 0.2) is 34.9 Å². The molecule has 2 rings (SSSR count). The van der Waals surface area contributed by atoms with Crippen LogP contribution in [-0.2, 0) is 6.42 Å². The number of halogens is 6. The van der Waals surface area contributed by atoms with Crippen LogP contribution in [0.4, 0.5) is 26.3 Å². The molecule has 0 aromatic heterocycles. The maximum atomic E-state index is 13.7. The Kier molecular flexibility index (Phi) is 3.43. The van der Waals surface area contributed by atoms with E-state index in [1.165, 1.54) is 0 Å². The normalized spacial score (nSPS) is 11.3. The first-order valence-corrected chi connectivity index (χ1v) is 5.52. The SMILES string of the molecule is CCCc1cc(F)c(F)c2c(F)c(F)c(F)c(F)c12. The maximum Gasteiger partial charge on any atom is 0.198 e. The van der Waals surface area contributed by atoms with E-state index in [1.807, 2.05) is 0 Å². The number of fused-ring (bicyclic) bond motifs is 1. The number of hydrogen-bond acceptors (Lipinski definition) is 0. The molecule has 6 heteroatoms. The Morgan fingerprint density at radius 3 is 1.79 bits per heavy atom. The van der Waals surface area contributed by atoms with Gasteiger partial charge in [-0.3, -0.25) is 0 Å². The molecule has 0 unspecified atom stereocenters. The second-order valence-electron chi connectivity index (χ2n) is 4.09. The fourth-order valence-corrected chi connectivity index (χ4v) is 2.01. The lowest BCUT2D eigenvalue weighted by Crippen LogP contribution is -2.04. The van der Waals surface area contributed by atoms with Gasteiger partial charge in [0.2, 0.25) is 0 Å². The molecule has 2 aromatic rings. The molecule has 0 N–H and O–H groups in total. The average Bonchev–Trinajstić information content (AvgIpc) is 2.38. The van der Waals surface area contributed by atoms with Crippen molar-refractivity contribution >= 4 is 10.8 Å². The van der Waals surface area contributed by atoms with Crippen molar-refractivity contribution in [3.63, 3.8) is 0 Å². The van der Waals surface area contributed by atoms with Gasteiger partial charge in [-0.25, -0.2) is 26.3 Å². The van der Waals surface area contributed by atoms with Crippen LogP contribution in [-0.4, -0.2) is 0 Å². The van der Waals surface area contributed by atoms with Crippen LogP contribution in [0.15, 0.2) is 6.07 Å². The lowest BCUT2D eigenvalue weighted by molar-refractivity contribution is 0.414. The predicted octanol–water partition coefficient (Wildman–Crippen LogP) is 4.63. The van der Waals surface area contributed by atoms with E-state index in [0.29, 0.717) is 12.5 Å². The van der Waals surface area contributed by atoms with Gasteiger partial charge >= 0.3 is 0 Å². The van der Waals surface area contributed by atoms with Gasteiger partial charge in [-0.05, 0) is 18.1 Å². The summed E-state index contributed by atoms with van der Waals surface area (Å²) in [7, 11) is 0. The van der Waals surface area contributed by atoms with Crippen LogP contribution in [0.25, 0.3) is 10.8 Å². The van der Waals surface area contributed by atoms with Gasteiger partial charge < -0.3 is 0 Å². The van der Waals surface area contributed by atoms with E-state index < -0.39 is 45.7 Å². The van der Waals surface area contributed by atoms with Gasteiger partial charge in [0.25, 0.3) is 0 Å². The van der Waals surface area contributed by atoms with Gasteiger partial charge in [0, 0.05) is 5.39 Å². The summed E-state index contributed by atoms with van der Waals surface area (Å²) < 4.78 is 80.2. The minimum absolute atomic E-state index is 0.0785. The quantitative estimate of drug-likeness (QED) is 0.427. The van der Waals surface area contributed by atoms with E-state index in [4.69, 9.17) is 0 Å². The summed E-state index contributed by atoms with van der Waals surface area (Å²) >= 11 is 0. The molecule has 0 aliphatic carbocycles. The second kappa shape index (κ2) is 4.75. The lowest BCUT2D eigenvalue weighted by Gasteiger charge is -2.11. The molecular formula is C13H8F6. The van der Waals surface area contributed by atoms with Gasteiger partial charge in [0.1, 0.15) is 0 Å². The van der Waals surface area contributed by atoms with Crippen LogP contribution in [0.5, 0.6) is 0 Å². The zero-order valence-electron chi connectivity index (χ0n) is 9.76. The fourth-order valence-electron chi connectivity index (χ4n) is 2.01. The molecule has 0 aliphatic rings. The molecule has 0 amide bonds. The molecule has 102 valence electrons. The third-order valence-electron chi connectivity index (χ3n) is 2.84. The summed E-state index contributed by atoms with van der Waals surface area (Å²) in [6.45, 7) is 1.67. The van der Waals surface area contributed by atoms with Crippen molar-refractivity contribution < 1.29 is 26.3 Å². The molecule has 0 radical (unpaired) electrons. The summed E-state index contributed by atoms with van der Waals surface area (Å²) in [5.41, 5.74) is -0.105.